The molecule has 7 heteroatoms. The summed E-state index contributed by atoms with van der Waals surface area (Å²) in [5, 5.41) is 17.4. The fourth-order valence-corrected chi connectivity index (χ4v) is 1.30. The maximum absolute atomic E-state index is 10.7. The Morgan fingerprint density at radius 2 is 1.74 bits per heavy atom. The smallest absolute Gasteiger partial charge is 0.323 e. The maximum Gasteiger partial charge on any atom is 0.323 e. The minimum Gasteiger partial charge on any atom is -0.493 e. The molecule has 102 valence electrons. The second-order valence-corrected chi connectivity index (χ2v) is 3.47. The van der Waals surface area contributed by atoms with E-state index in [2.05, 4.69) is 4.99 Å². The van der Waals surface area contributed by atoms with Crippen molar-refractivity contribution in [1.82, 2.24) is 0 Å². The zero-order valence-electron chi connectivity index (χ0n) is 10.4. The molecule has 19 heavy (non-hydrogen) atoms. The Morgan fingerprint density at radius 3 is 2.21 bits per heavy atom. The molecule has 0 aliphatic carbocycles. The van der Waals surface area contributed by atoms with E-state index in [9.17, 15) is 9.59 Å². The molecule has 0 fully saturated rings. The zero-order chi connectivity index (χ0) is 14.4. The Hall–Kier alpha value is -2.57. The molecule has 0 aliphatic rings. The summed E-state index contributed by atoms with van der Waals surface area (Å²) in [6.45, 7) is 0. The molecule has 0 saturated heterocycles. The summed E-state index contributed by atoms with van der Waals surface area (Å²) in [6.07, 6.45) is 0.853. The summed E-state index contributed by atoms with van der Waals surface area (Å²) in [5.41, 5.74) is 0.366. The molecule has 1 aromatic carbocycles. The van der Waals surface area contributed by atoms with Crippen LogP contribution in [0, 0.1) is 5.92 Å². The van der Waals surface area contributed by atoms with Crippen molar-refractivity contribution in [1.29, 1.82) is 0 Å². The molecular formula is C12H13NO6. The Bertz CT molecular complexity index is 497. The number of benzene rings is 1. The minimum atomic E-state index is -1.69. The number of carbonyl (C=O) groups is 2. The highest BCUT2D eigenvalue weighted by Gasteiger charge is 2.23. The number of carboxylic acid groups (broad SMARTS) is 2. The van der Waals surface area contributed by atoms with Gasteiger partial charge in [0.2, 0.25) is 0 Å². The van der Waals surface area contributed by atoms with Crippen LogP contribution >= 0.6 is 0 Å². The predicted molar refractivity (Wildman–Crippen MR) is 66.5 cm³/mol. The van der Waals surface area contributed by atoms with Crippen LogP contribution in [0.15, 0.2) is 23.2 Å². The van der Waals surface area contributed by atoms with Crippen molar-refractivity contribution in [2.75, 3.05) is 14.2 Å². The summed E-state index contributed by atoms with van der Waals surface area (Å²) in [5.74, 6) is -3.73. The first-order valence-electron chi connectivity index (χ1n) is 5.21. The molecule has 0 unspecified atom stereocenters. The molecule has 0 radical (unpaired) electrons. The molecule has 0 aliphatic heterocycles. The average Bonchev–Trinajstić information content (AvgIpc) is 2.37. The Labute approximate surface area is 109 Å². The van der Waals surface area contributed by atoms with Gasteiger partial charge in [-0.05, 0) is 12.1 Å². The van der Waals surface area contributed by atoms with Crippen molar-refractivity contribution in [3.8, 4) is 11.5 Å². The van der Waals surface area contributed by atoms with E-state index in [1.165, 1.54) is 20.3 Å². The highest BCUT2D eigenvalue weighted by molar-refractivity contribution is 6.08. The van der Waals surface area contributed by atoms with Gasteiger partial charge >= 0.3 is 11.9 Å². The van der Waals surface area contributed by atoms with Gasteiger partial charge in [-0.1, -0.05) is 0 Å². The lowest BCUT2D eigenvalue weighted by Gasteiger charge is -2.07. The lowest BCUT2D eigenvalue weighted by Crippen LogP contribution is -2.24. The number of aliphatic carboxylic acids is 2. The van der Waals surface area contributed by atoms with Gasteiger partial charge in [0.1, 0.15) is 0 Å². The Morgan fingerprint density at radius 1 is 1.16 bits per heavy atom. The van der Waals surface area contributed by atoms with Gasteiger partial charge in [0, 0.05) is 12.3 Å². The minimum absolute atomic E-state index is 0.366. The quantitative estimate of drug-likeness (QED) is 0.592. The largest absolute Gasteiger partial charge is 0.493 e. The fourth-order valence-electron chi connectivity index (χ4n) is 1.30. The van der Waals surface area contributed by atoms with Crippen LogP contribution in [0.5, 0.6) is 11.5 Å². The summed E-state index contributed by atoms with van der Waals surface area (Å²) in [4.78, 5) is 25.1. The summed E-state index contributed by atoms with van der Waals surface area (Å²) >= 11 is 0. The average molecular weight is 267 g/mol. The van der Waals surface area contributed by atoms with Crippen molar-refractivity contribution in [2.24, 2.45) is 10.9 Å². The lowest BCUT2D eigenvalue weighted by atomic mass is 10.2. The van der Waals surface area contributed by atoms with E-state index < -0.39 is 17.9 Å². The summed E-state index contributed by atoms with van der Waals surface area (Å²) < 4.78 is 10.1. The first-order chi connectivity index (χ1) is 8.99. The van der Waals surface area contributed by atoms with Gasteiger partial charge < -0.3 is 19.7 Å². The number of methoxy groups -OCH3 is 2. The number of ether oxygens (including phenoxy) is 2. The summed E-state index contributed by atoms with van der Waals surface area (Å²) in [6, 6.07) is 4.65. The Kier molecular flexibility index (Phi) is 4.87. The zero-order valence-corrected chi connectivity index (χ0v) is 10.4. The summed E-state index contributed by atoms with van der Waals surface area (Å²) in [7, 11) is 2.92. The Balaban J connectivity index is 2.99. The van der Waals surface area contributed by atoms with E-state index in [-0.39, 0.29) is 0 Å². The molecular weight excluding hydrogens is 254 g/mol. The third-order valence-corrected chi connectivity index (χ3v) is 2.27. The number of rotatable bonds is 6. The van der Waals surface area contributed by atoms with Gasteiger partial charge in [0.05, 0.1) is 19.9 Å². The topological polar surface area (TPSA) is 105 Å². The van der Waals surface area contributed by atoms with Crippen molar-refractivity contribution >= 4 is 23.8 Å². The van der Waals surface area contributed by atoms with Crippen LogP contribution < -0.4 is 9.47 Å². The van der Waals surface area contributed by atoms with Crippen molar-refractivity contribution < 1.29 is 29.3 Å². The van der Waals surface area contributed by atoms with Gasteiger partial charge in [0.25, 0.3) is 0 Å². The number of hydrogen-bond acceptors (Lipinski definition) is 5. The van der Waals surface area contributed by atoms with Crippen LogP contribution in [0.3, 0.4) is 0 Å². The van der Waals surface area contributed by atoms with Gasteiger partial charge in [-0.3, -0.25) is 14.6 Å². The monoisotopic (exact) mass is 267 g/mol. The molecule has 0 aromatic heterocycles. The standard InChI is InChI=1S/C12H13NO6/c1-18-9-4-3-7(5-10(9)19-2)13-6-8(11(14)15)12(16)17/h3-6,8H,1-2H3,(H,14,15)(H,16,17). The SMILES string of the molecule is COc1ccc(N=CC(C(=O)O)C(=O)O)cc1OC. The van der Waals surface area contributed by atoms with Gasteiger partial charge in [-0.15, -0.1) is 0 Å². The molecule has 0 saturated carbocycles. The first kappa shape index (κ1) is 14.5. The molecule has 0 amide bonds. The van der Waals surface area contributed by atoms with Crippen LogP contribution in [0.1, 0.15) is 0 Å². The molecule has 7 nitrogen and oxygen atoms in total. The van der Waals surface area contributed by atoms with Crippen molar-refractivity contribution in [3.05, 3.63) is 18.2 Å². The molecule has 2 N–H and O–H groups in total. The van der Waals surface area contributed by atoms with Gasteiger partial charge in [0.15, 0.2) is 17.4 Å². The second kappa shape index (κ2) is 6.39. The van der Waals surface area contributed by atoms with E-state index >= 15 is 0 Å². The normalized spacial score (nSPS) is 10.7. The number of hydrogen-bond donors (Lipinski definition) is 2. The highest BCUT2D eigenvalue weighted by Crippen LogP contribution is 2.30. The van der Waals surface area contributed by atoms with Gasteiger partial charge in [-0.25, -0.2) is 0 Å². The number of nitrogens with zero attached hydrogens (tertiary/aromatic N) is 1. The second-order valence-electron chi connectivity index (χ2n) is 3.47. The van der Waals surface area contributed by atoms with Crippen molar-refractivity contribution in [2.45, 2.75) is 0 Å². The van der Waals surface area contributed by atoms with Crippen molar-refractivity contribution in [3.63, 3.8) is 0 Å². The van der Waals surface area contributed by atoms with E-state index in [0.717, 1.165) is 6.21 Å². The number of carboxylic acids is 2. The first-order valence-corrected chi connectivity index (χ1v) is 5.21. The van der Waals surface area contributed by atoms with Gasteiger partial charge in [-0.2, -0.15) is 0 Å². The predicted octanol–water partition coefficient (Wildman–Crippen LogP) is 1.19. The van der Waals surface area contributed by atoms with Crippen LogP contribution in [0.25, 0.3) is 0 Å². The molecule has 0 heterocycles. The maximum atomic E-state index is 10.7. The van der Waals surface area contributed by atoms with Crippen LogP contribution in [-0.4, -0.2) is 42.6 Å². The van der Waals surface area contributed by atoms with E-state index in [1.54, 1.807) is 12.1 Å². The molecule has 0 atom stereocenters. The lowest BCUT2D eigenvalue weighted by molar-refractivity contribution is -0.150. The highest BCUT2D eigenvalue weighted by atomic mass is 16.5. The van der Waals surface area contributed by atoms with Crippen LogP contribution in [0.4, 0.5) is 5.69 Å². The molecule has 0 spiro atoms. The van der Waals surface area contributed by atoms with Crippen LogP contribution in [0.2, 0.25) is 0 Å². The van der Waals surface area contributed by atoms with E-state index in [1.807, 2.05) is 0 Å². The van der Waals surface area contributed by atoms with E-state index in [0.29, 0.717) is 17.2 Å². The van der Waals surface area contributed by atoms with Crippen LogP contribution in [-0.2, 0) is 9.59 Å². The molecule has 1 aromatic rings. The third-order valence-electron chi connectivity index (χ3n) is 2.27. The third kappa shape index (κ3) is 3.70. The number of aliphatic imine (C=N–C) groups is 1. The molecule has 1 rings (SSSR count). The van der Waals surface area contributed by atoms with E-state index in [4.69, 9.17) is 19.7 Å². The fraction of sp³-hybridized carbons (Fsp3) is 0.250. The molecule has 0 bridgehead atoms.